The molecule has 0 amide bonds. The minimum absolute atomic E-state index is 0.0351. The minimum atomic E-state index is -0.684. The number of hydrogen-bond acceptors (Lipinski definition) is 2. The summed E-state index contributed by atoms with van der Waals surface area (Å²) in [6.07, 6.45) is 2.87. The Kier molecular flexibility index (Phi) is 4.97. The van der Waals surface area contributed by atoms with Crippen molar-refractivity contribution in [1.29, 1.82) is 0 Å². The van der Waals surface area contributed by atoms with E-state index in [1.165, 1.54) is 13.1 Å². The monoisotopic (exact) mass is 309 g/mol. The number of hydrogen-bond donors (Lipinski definition) is 4. The van der Waals surface area contributed by atoms with Crippen molar-refractivity contribution in [1.82, 2.24) is 14.9 Å². The van der Waals surface area contributed by atoms with Crippen LogP contribution in [-0.2, 0) is 0 Å². The maximum Gasteiger partial charge on any atom is 0.367 e. The third-order valence-corrected chi connectivity index (χ3v) is 3.91. The summed E-state index contributed by atoms with van der Waals surface area (Å²) in [6, 6.07) is 0.0351. The first-order chi connectivity index (χ1) is 10.5. The van der Waals surface area contributed by atoms with Crippen LogP contribution in [0.3, 0.4) is 0 Å². The van der Waals surface area contributed by atoms with Crippen LogP contribution in [0.25, 0.3) is 6.08 Å². The lowest BCUT2D eigenvalue weighted by Gasteiger charge is -2.24. The highest BCUT2D eigenvalue weighted by Gasteiger charge is 2.22. The molecule has 1 aliphatic heterocycles. The van der Waals surface area contributed by atoms with Gasteiger partial charge in [0.2, 0.25) is 0 Å². The number of piperidine rings is 1. The van der Waals surface area contributed by atoms with Crippen molar-refractivity contribution in [2.75, 3.05) is 20.1 Å². The Morgan fingerprint density at radius 3 is 2.73 bits per heavy atom. The van der Waals surface area contributed by atoms with E-state index in [9.17, 15) is 14.3 Å². The lowest BCUT2D eigenvalue weighted by molar-refractivity contribution is -0.429. The molecule has 1 aromatic heterocycles. The number of rotatable bonds is 4. The summed E-state index contributed by atoms with van der Waals surface area (Å²) in [5, 5.41) is 12.7. The molecule has 1 saturated heterocycles. The fourth-order valence-electron chi connectivity index (χ4n) is 2.65. The van der Waals surface area contributed by atoms with Crippen molar-refractivity contribution in [3.05, 3.63) is 39.9 Å². The number of imidazole rings is 1. The van der Waals surface area contributed by atoms with Gasteiger partial charge in [-0.2, -0.15) is 0 Å². The van der Waals surface area contributed by atoms with E-state index in [2.05, 4.69) is 21.9 Å². The number of halogens is 1. The van der Waals surface area contributed by atoms with Crippen molar-refractivity contribution >= 4 is 12.0 Å². The number of H-pyrrole nitrogens is 1. The van der Waals surface area contributed by atoms with Gasteiger partial charge in [-0.1, -0.05) is 6.58 Å². The number of aliphatic hydroxyl groups is 1. The summed E-state index contributed by atoms with van der Waals surface area (Å²) in [4.78, 5) is 17.3. The molecule has 22 heavy (non-hydrogen) atoms. The fraction of sp³-hybridized carbons (Fsp3) is 0.467. The normalized spacial score (nSPS) is 17.8. The highest BCUT2D eigenvalue weighted by Crippen LogP contribution is 2.23. The van der Waals surface area contributed by atoms with Crippen molar-refractivity contribution in [3.63, 3.8) is 0 Å². The Hall–Kier alpha value is -2.15. The van der Waals surface area contributed by atoms with Crippen molar-refractivity contribution in [2.45, 2.75) is 25.8 Å². The Labute approximate surface area is 128 Å². The van der Waals surface area contributed by atoms with Gasteiger partial charge < -0.3 is 15.4 Å². The molecule has 1 fully saturated rings. The number of aliphatic hydroxyl groups excluding tert-OH is 1. The van der Waals surface area contributed by atoms with Gasteiger partial charge in [0.1, 0.15) is 18.4 Å². The predicted octanol–water partition coefficient (Wildman–Crippen LogP) is -0.0572. The molecule has 4 N–H and O–H groups in total. The van der Waals surface area contributed by atoms with Gasteiger partial charge in [0, 0.05) is 17.8 Å². The zero-order chi connectivity index (χ0) is 16.3. The summed E-state index contributed by atoms with van der Waals surface area (Å²) in [5.74, 6) is -1.02. The first-order valence-electron chi connectivity index (χ1n) is 7.28. The quantitative estimate of drug-likeness (QED) is 0.357. The molecule has 2 heterocycles. The predicted molar refractivity (Wildman–Crippen MR) is 83.7 cm³/mol. The highest BCUT2D eigenvalue weighted by atomic mass is 19.1. The summed E-state index contributed by atoms with van der Waals surface area (Å²) >= 11 is 0. The van der Waals surface area contributed by atoms with Gasteiger partial charge in [0.15, 0.2) is 0 Å². The largest absolute Gasteiger partial charge is 0.460 e. The first-order valence-corrected chi connectivity index (χ1v) is 7.28. The highest BCUT2D eigenvalue weighted by molar-refractivity contribution is 5.92. The van der Waals surface area contributed by atoms with Crippen molar-refractivity contribution in [2.24, 2.45) is 0 Å². The van der Waals surface area contributed by atoms with E-state index in [-0.39, 0.29) is 23.2 Å². The van der Waals surface area contributed by atoms with Gasteiger partial charge in [-0.25, -0.2) is 14.2 Å². The van der Waals surface area contributed by atoms with Gasteiger partial charge in [-0.3, -0.25) is 4.57 Å². The Morgan fingerprint density at radius 2 is 2.14 bits per heavy atom. The number of nitrogens with one attached hydrogen (secondary N) is 3. The van der Waals surface area contributed by atoms with Crippen LogP contribution in [0.5, 0.6) is 0 Å². The lowest BCUT2D eigenvalue weighted by Crippen LogP contribution is -2.68. The van der Waals surface area contributed by atoms with Gasteiger partial charge in [0.25, 0.3) is 0 Å². The molecule has 0 bridgehead atoms. The molecule has 0 unspecified atom stereocenters. The van der Waals surface area contributed by atoms with Crippen LogP contribution in [0.1, 0.15) is 30.3 Å². The molecule has 0 aliphatic carbocycles. The summed E-state index contributed by atoms with van der Waals surface area (Å²) in [6.45, 7) is 6.88. The number of nitrogens with zero attached hydrogens (tertiary/aromatic N) is 1. The van der Waals surface area contributed by atoms with Gasteiger partial charge in [0.05, 0.1) is 5.69 Å². The second-order valence-corrected chi connectivity index (χ2v) is 5.36. The van der Waals surface area contributed by atoms with Gasteiger partial charge in [-0.15, -0.1) is 0 Å². The molecule has 7 heteroatoms. The molecule has 1 aromatic rings. The molecule has 0 saturated carbocycles. The van der Waals surface area contributed by atoms with E-state index in [1.54, 1.807) is 11.5 Å². The minimum Gasteiger partial charge on any atom is -0.460 e. The van der Waals surface area contributed by atoms with Crippen LogP contribution in [0.15, 0.2) is 22.8 Å². The van der Waals surface area contributed by atoms with Crippen LogP contribution in [0.4, 0.5) is 4.39 Å². The molecule has 2 rings (SSSR count). The standard InChI is InChI=1S/C15H21FN4O2/c1-9(14(21)17-3)12(16)8-13-10(2)19-15(22)20(13)11-4-6-18-7-5-11/h8,11,18H,1,4-7H2,2-3H3,(H,17,21)(H,19,22)/p+1/b12-8+. The lowest BCUT2D eigenvalue weighted by atomic mass is 10.1. The molecule has 0 aromatic carbocycles. The summed E-state index contributed by atoms with van der Waals surface area (Å²) in [7, 11) is 1.47. The van der Waals surface area contributed by atoms with E-state index < -0.39 is 5.83 Å². The third kappa shape index (κ3) is 3.19. The molecule has 0 atom stereocenters. The number of aromatic nitrogens is 2. The molecule has 0 spiro atoms. The second-order valence-electron chi connectivity index (χ2n) is 5.36. The molecule has 1 aliphatic rings. The molecular formula is C15H22FN4O2+. The van der Waals surface area contributed by atoms with Crippen molar-refractivity contribution in [3.8, 4) is 0 Å². The number of aryl methyl sites for hydroxylation is 1. The van der Waals surface area contributed by atoms with Crippen LogP contribution in [0.2, 0.25) is 0 Å². The Morgan fingerprint density at radius 1 is 1.50 bits per heavy atom. The van der Waals surface area contributed by atoms with Gasteiger partial charge in [-0.05, 0) is 32.9 Å². The SMILES string of the molecule is C=C(C(O)=[NH+]C)/C(F)=C\c1c(C)[nH]c(=O)n1C1CCNCC1. The van der Waals surface area contributed by atoms with E-state index in [4.69, 9.17) is 0 Å². The Balaban J connectivity index is 2.42. The van der Waals surface area contributed by atoms with Gasteiger partial charge >= 0.3 is 11.6 Å². The van der Waals surface area contributed by atoms with Crippen LogP contribution in [0, 0.1) is 6.92 Å². The molecular weight excluding hydrogens is 287 g/mol. The first kappa shape index (κ1) is 16.2. The fourth-order valence-corrected chi connectivity index (χ4v) is 2.65. The van der Waals surface area contributed by atoms with E-state index in [0.717, 1.165) is 25.9 Å². The zero-order valence-corrected chi connectivity index (χ0v) is 12.9. The average Bonchev–Trinajstić information content (AvgIpc) is 2.80. The van der Waals surface area contributed by atoms with Crippen LogP contribution < -0.4 is 16.0 Å². The molecule has 120 valence electrons. The maximum atomic E-state index is 14.3. The summed E-state index contributed by atoms with van der Waals surface area (Å²) < 4.78 is 15.9. The Bertz CT molecular complexity index is 678. The van der Waals surface area contributed by atoms with E-state index in [1.807, 2.05) is 0 Å². The molecule has 0 radical (unpaired) electrons. The summed E-state index contributed by atoms with van der Waals surface area (Å²) in [5.41, 5.74) is 0.693. The third-order valence-electron chi connectivity index (χ3n) is 3.91. The van der Waals surface area contributed by atoms with Crippen LogP contribution in [-0.4, -0.2) is 40.7 Å². The smallest absolute Gasteiger partial charge is 0.367 e. The average molecular weight is 309 g/mol. The second kappa shape index (κ2) is 6.74. The molecule has 6 nitrogen and oxygen atoms in total. The van der Waals surface area contributed by atoms with Crippen molar-refractivity contribution < 1.29 is 14.5 Å². The van der Waals surface area contributed by atoms with Crippen LogP contribution >= 0.6 is 0 Å². The topological polar surface area (TPSA) is 84.0 Å². The number of aromatic amines is 1. The maximum absolute atomic E-state index is 14.3. The zero-order valence-electron chi connectivity index (χ0n) is 12.9. The van der Waals surface area contributed by atoms with E-state index >= 15 is 0 Å². The van der Waals surface area contributed by atoms with E-state index in [0.29, 0.717) is 11.4 Å².